The second-order valence-electron chi connectivity index (χ2n) is 7.55. The Morgan fingerprint density at radius 3 is 2.61 bits per heavy atom. The first-order chi connectivity index (χ1) is 15.0. The molecule has 1 N–H and O–H groups in total. The number of carbonyl (C=O) groups excluding carboxylic acids is 2. The number of fused-ring (bicyclic) bond motifs is 1. The second-order valence-corrected chi connectivity index (χ2v) is 8.50. The van der Waals surface area contributed by atoms with E-state index in [0.29, 0.717) is 22.8 Å². The molecule has 3 heterocycles. The van der Waals surface area contributed by atoms with E-state index in [4.69, 9.17) is 9.47 Å². The fourth-order valence-electron chi connectivity index (χ4n) is 3.80. The first kappa shape index (κ1) is 19.4. The van der Waals surface area contributed by atoms with Crippen molar-refractivity contribution in [3.05, 3.63) is 81.2 Å². The molecule has 31 heavy (non-hydrogen) atoms. The number of anilines is 1. The van der Waals surface area contributed by atoms with Crippen LogP contribution < -0.4 is 14.8 Å². The number of ether oxygens (including phenoxy) is 2. The van der Waals surface area contributed by atoms with Crippen LogP contribution in [-0.4, -0.2) is 23.5 Å². The highest BCUT2D eigenvalue weighted by molar-refractivity contribution is 7.11. The van der Waals surface area contributed by atoms with Crippen LogP contribution in [0.1, 0.15) is 21.6 Å². The third-order valence-electron chi connectivity index (χ3n) is 5.35. The first-order valence-corrected chi connectivity index (χ1v) is 10.8. The van der Waals surface area contributed by atoms with E-state index in [2.05, 4.69) is 5.32 Å². The van der Waals surface area contributed by atoms with Crippen molar-refractivity contribution < 1.29 is 19.1 Å². The van der Waals surface area contributed by atoms with Gasteiger partial charge in [-0.05, 0) is 54.6 Å². The van der Waals surface area contributed by atoms with Crippen LogP contribution in [0.5, 0.6) is 11.5 Å². The molecule has 5 rings (SSSR count). The van der Waals surface area contributed by atoms with Crippen LogP contribution in [0.15, 0.2) is 59.6 Å². The van der Waals surface area contributed by atoms with Gasteiger partial charge in [0.25, 0.3) is 11.8 Å². The number of hydrogen-bond acceptors (Lipinski definition) is 6. The first-order valence-electron chi connectivity index (χ1n) is 9.88. The zero-order valence-electron chi connectivity index (χ0n) is 17.1. The molecule has 2 aliphatic heterocycles. The number of amides is 2. The van der Waals surface area contributed by atoms with Crippen molar-refractivity contribution >= 4 is 34.4 Å². The molecule has 2 amide bonds. The van der Waals surface area contributed by atoms with Crippen molar-refractivity contribution in [3.8, 4) is 11.5 Å². The van der Waals surface area contributed by atoms with Crippen molar-refractivity contribution in [1.82, 2.24) is 4.90 Å². The van der Waals surface area contributed by atoms with Gasteiger partial charge < -0.3 is 14.8 Å². The second kappa shape index (κ2) is 7.59. The Morgan fingerprint density at radius 2 is 1.84 bits per heavy atom. The monoisotopic (exact) mass is 432 g/mol. The molecule has 0 unspecified atom stereocenters. The third kappa shape index (κ3) is 3.47. The molecular weight excluding hydrogens is 412 g/mol. The number of aryl methyl sites for hydroxylation is 2. The average Bonchev–Trinajstić information content (AvgIpc) is 3.47. The molecule has 6 nitrogen and oxygen atoms in total. The Bertz CT molecular complexity index is 1230. The lowest BCUT2D eigenvalue weighted by atomic mass is 10.1. The van der Waals surface area contributed by atoms with Gasteiger partial charge in [-0.25, -0.2) is 0 Å². The zero-order valence-corrected chi connectivity index (χ0v) is 17.9. The summed E-state index contributed by atoms with van der Waals surface area (Å²) in [6, 6.07) is 15.1. The van der Waals surface area contributed by atoms with Crippen LogP contribution in [-0.2, 0) is 16.1 Å². The van der Waals surface area contributed by atoms with Crippen LogP contribution in [0.4, 0.5) is 5.69 Å². The van der Waals surface area contributed by atoms with E-state index in [1.165, 1.54) is 16.2 Å². The maximum Gasteiger partial charge on any atom is 0.278 e. The highest BCUT2D eigenvalue weighted by Crippen LogP contribution is 2.36. The van der Waals surface area contributed by atoms with Crippen molar-refractivity contribution in [2.45, 2.75) is 20.4 Å². The average molecular weight is 433 g/mol. The van der Waals surface area contributed by atoms with Gasteiger partial charge in [0.05, 0.1) is 12.1 Å². The van der Waals surface area contributed by atoms with E-state index >= 15 is 0 Å². The summed E-state index contributed by atoms with van der Waals surface area (Å²) in [6.45, 7) is 4.33. The maximum absolute atomic E-state index is 13.4. The standard InChI is InChI=1S/C24H20N2O4S/c1-14-5-7-17(15(2)10-14)25-22-21(20-4-3-9-31-20)23(27)26(24(22)28)12-16-6-8-18-19(11-16)30-13-29-18/h3-11,25H,12-13H2,1-2H3. The molecule has 0 aliphatic carbocycles. The van der Waals surface area contributed by atoms with Gasteiger partial charge in [-0.2, -0.15) is 0 Å². The topological polar surface area (TPSA) is 67.9 Å². The molecule has 0 saturated carbocycles. The van der Waals surface area contributed by atoms with Crippen LogP contribution in [0.2, 0.25) is 0 Å². The lowest BCUT2D eigenvalue weighted by Crippen LogP contribution is -2.32. The number of thiophene rings is 1. The number of nitrogens with zero attached hydrogens (tertiary/aromatic N) is 1. The van der Waals surface area contributed by atoms with E-state index in [1.54, 1.807) is 6.07 Å². The Balaban J connectivity index is 1.49. The van der Waals surface area contributed by atoms with Crippen molar-refractivity contribution in [1.29, 1.82) is 0 Å². The van der Waals surface area contributed by atoms with Crippen LogP contribution in [0.25, 0.3) is 5.57 Å². The quantitative estimate of drug-likeness (QED) is 0.602. The molecule has 7 heteroatoms. The molecule has 2 aliphatic rings. The van der Waals surface area contributed by atoms with Gasteiger partial charge in [-0.15, -0.1) is 11.3 Å². The van der Waals surface area contributed by atoms with Gasteiger partial charge >= 0.3 is 0 Å². The number of nitrogens with one attached hydrogen (secondary N) is 1. The van der Waals surface area contributed by atoms with Gasteiger partial charge in [0.1, 0.15) is 5.70 Å². The summed E-state index contributed by atoms with van der Waals surface area (Å²) in [6.07, 6.45) is 0. The lowest BCUT2D eigenvalue weighted by molar-refractivity contribution is -0.137. The van der Waals surface area contributed by atoms with Crippen LogP contribution in [0.3, 0.4) is 0 Å². The fraction of sp³-hybridized carbons (Fsp3) is 0.167. The molecule has 0 bridgehead atoms. The summed E-state index contributed by atoms with van der Waals surface area (Å²) in [5.74, 6) is 0.637. The maximum atomic E-state index is 13.4. The van der Waals surface area contributed by atoms with Crippen molar-refractivity contribution in [2.24, 2.45) is 0 Å². The Morgan fingerprint density at radius 1 is 1.00 bits per heavy atom. The van der Waals surface area contributed by atoms with E-state index in [1.807, 2.05) is 61.7 Å². The third-order valence-corrected chi connectivity index (χ3v) is 6.24. The molecule has 2 aromatic carbocycles. The number of rotatable bonds is 5. The number of imide groups is 1. The highest BCUT2D eigenvalue weighted by Gasteiger charge is 2.40. The van der Waals surface area contributed by atoms with Gasteiger partial charge in [0.15, 0.2) is 11.5 Å². The minimum absolute atomic E-state index is 0.154. The lowest BCUT2D eigenvalue weighted by Gasteiger charge is -2.16. The molecule has 0 radical (unpaired) electrons. The molecule has 0 atom stereocenters. The van der Waals surface area contributed by atoms with Gasteiger partial charge in [0, 0.05) is 10.6 Å². The molecule has 3 aromatic rings. The summed E-state index contributed by atoms with van der Waals surface area (Å²) in [5, 5.41) is 5.14. The van der Waals surface area contributed by atoms with Gasteiger partial charge in [-0.1, -0.05) is 29.8 Å². The Kier molecular flexibility index (Phi) is 4.75. The van der Waals surface area contributed by atoms with E-state index < -0.39 is 0 Å². The number of carbonyl (C=O) groups is 2. The molecule has 0 spiro atoms. The van der Waals surface area contributed by atoms with Crippen LogP contribution >= 0.6 is 11.3 Å². The predicted molar refractivity (Wildman–Crippen MR) is 119 cm³/mol. The predicted octanol–water partition coefficient (Wildman–Crippen LogP) is 4.49. The minimum atomic E-state index is -0.342. The summed E-state index contributed by atoms with van der Waals surface area (Å²) >= 11 is 1.44. The highest BCUT2D eigenvalue weighted by atomic mass is 32.1. The smallest absolute Gasteiger partial charge is 0.278 e. The van der Waals surface area contributed by atoms with E-state index in [0.717, 1.165) is 27.3 Å². The van der Waals surface area contributed by atoms with Crippen molar-refractivity contribution in [2.75, 3.05) is 12.1 Å². The minimum Gasteiger partial charge on any atom is -0.454 e. The fourth-order valence-corrected chi connectivity index (χ4v) is 4.56. The number of benzene rings is 2. The molecule has 156 valence electrons. The SMILES string of the molecule is Cc1ccc(NC2=C(c3cccs3)C(=O)N(Cc3ccc4c(c3)OCO4)C2=O)c(C)c1. The summed E-state index contributed by atoms with van der Waals surface area (Å²) in [7, 11) is 0. The molecule has 1 aromatic heterocycles. The zero-order chi connectivity index (χ0) is 21.5. The molecular formula is C24H20N2O4S. The van der Waals surface area contributed by atoms with Gasteiger partial charge in [-0.3, -0.25) is 14.5 Å². The molecule has 0 saturated heterocycles. The summed E-state index contributed by atoms with van der Waals surface area (Å²) in [4.78, 5) is 28.8. The normalized spacial score (nSPS) is 15.2. The van der Waals surface area contributed by atoms with E-state index in [9.17, 15) is 9.59 Å². The van der Waals surface area contributed by atoms with E-state index in [-0.39, 0.29) is 25.2 Å². The van der Waals surface area contributed by atoms with Crippen LogP contribution in [0, 0.1) is 13.8 Å². The van der Waals surface area contributed by atoms with Crippen molar-refractivity contribution in [3.63, 3.8) is 0 Å². The largest absolute Gasteiger partial charge is 0.454 e. The van der Waals surface area contributed by atoms with Gasteiger partial charge in [0.2, 0.25) is 6.79 Å². The molecule has 0 fully saturated rings. The Hall–Kier alpha value is -3.58. The summed E-state index contributed by atoms with van der Waals surface area (Å²) in [5.41, 5.74) is 4.45. The summed E-state index contributed by atoms with van der Waals surface area (Å²) < 4.78 is 10.8. The number of hydrogen-bond donors (Lipinski definition) is 1. The Labute approximate surface area is 183 Å².